The monoisotopic (exact) mass is 663 g/mol. The molecule has 0 atom stereocenters. The van der Waals surface area contributed by atoms with Crippen molar-refractivity contribution >= 4 is 103 Å². The maximum Gasteiger partial charge on any atom is 2.00 e. The van der Waals surface area contributed by atoms with Crippen molar-refractivity contribution in [2.24, 2.45) is 11.5 Å². The van der Waals surface area contributed by atoms with Crippen LogP contribution in [0.3, 0.4) is 0 Å². The first-order chi connectivity index (χ1) is 13.5. The van der Waals surface area contributed by atoms with Gasteiger partial charge in [0, 0.05) is 44.4 Å². The van der Waals surface area contributed by atoms with Gasteiger partial charge >= 0.3 is 39.0 Å². The van der Waals surface area contributed by atoms with E-state index in [1.165, 1.54) is 35.3 Å². The third-order valence-electron chi connectivity index (χ3n) is 2.61. The van der Waals surface area contributed by atoms with Gasteiger partial charge in [-0.1, -0.05) is 84.8 Å². The minimum atomic E-state index is 0. The van der Waals surface area contributed by atoms with Gasteiger partial charge in [0.2, 0.25) is 0 Å². The summed E-state index contributed by atoms with van der Waals surface area (Å²) in [5.41, 5.74) is 10.5. The summed E-state index contributed by atoms with van der Waals surface area (Å²) < 4.78 is 1.46. The average molecular weight is 667 g/mol. The Morgan fingerprint density at radius 3 is 1.39 bits per heavy atom. The van der Waals surface area contributed by atoms with Crippen LogP contribution in [-0.2, 0) is 51.6 Å². The molecule has 0 unspecified atom stereocenters. The number of amides is 1. The molecule has 0 aliphatic rings. The number of hydrogen-bond donors (Lipinski definition) is 2. The van der Waals surface area contributed by atoms with Crippen molar-refractivity contribution in [1.29, 1.82) is 0 Å². The van der Waals surface area contributed by atoms with Crippen molar-refractivity contribution in [3.05, 3.63) is 0 Å². The Hall–Kier alpha value is 1.66. The predicted octanol–water partition coefficient (Wildman–Crippen LogP) is 4.69. The number of thioether (sulfide) groups is 3. The molecular formula is C17H35N4OS7Zn2+3. The average Bonchev–Trinajstić information content (AvgIpc) is 2.63. The van der Waals surface area contributed by atoms with Crippen molar-refractivity contribution in [3.8, 4) is 0 Å². The van der Waals surface area contributed by atoms with Crippen LogP contribution in [0, 0.1) is 0 Å². The third-order valence-corrected chi connectivity index (χ3v) is 6.81. The Labute approximate surface area is 249 Å². The van der Waals surface area contributed by atoms with Gasteiger partial charge in [-0.15, -0.1) is 0 Å². The van der Waals surface area contributed by atoms with E-state index in [1.807, 2.05) is 19.0 Å². The molecule has 172 valence electrons. The van der Waals surface area contributed by atoms with Gasteiger partial charge in [0.1, 0.15) is 8.64 Å². The number of hydrogen-bond acceptors (Lipinski definition) is 8. The van der Waals surface area contributed by atoms with Crippen LogP contribution in [0.5, 0.6) is 0 Å². The van der Waals surface area contributed by atoms with Crippen LogP contribution < -0.4 is 11.5 Å². The zero-order valence-electron chi connectivity index (χ0n) is 19.4. The van der Waals surface area contributed by atoms with E-state index in [-0.39, 0.29) is 44.2 Å². The molecule has 0 rings (SSSR count). The summed E-state index contributed by atoms with van der Waals surface area (Å²) in [6.45, 7) is 8.14. The van der Waals surface area contributed by atoms with E-state index in [0.29, 0.717) is 13.0 Å². The van der Waals surface area contributed by atoms with Crippen LogP contribution in [0.2, 0.25) is 0 Å². The SMILES string of the molecule is CCCSC(=O)N(CCC)CCC.CN(C)C(=S)[S-].NC(=S)SCCSC(N)=S.[Zn+2].[Zn+2]. The van der Waals surface area contributed by atoms with Crippen LogP contribution in [0.1, 0.15) is 40.0 Å². The van der Waals surface area contributed by atoms with Crippen molar-refractivity contribution in [1.82, 2.24) is 9.80 Å². The van der Waals surface area contributed by atoms with E-state index in [0.717, 1.165) is 49.6 Å². The van der Waals surface area contributed by atoms with Crippen molar-refractivity contribution in [2.45, 2.75) is 40.0 Å². The normalized spacial score (nSPS) is 8.68. The Morgan fingerprint density at radius 2 is 1.16 bits per heavy atom. The minimum absolute atomic E-state index is 0. The molecule has 5 nitrogen and oxygen atoms in total. The van der Waals surface area contributed by atoms with Gasteiger partial charge in [-0.2, -0.15) is 0 Å². The van der Waals surface area contributed by atoms with Crippen molar-refractivity contribution in [2.75, 3.05) is 44.4 Å². The molecule has 0 aromatic carbocycles. The molecule has 0 bridgehead atoms. The number of thiocarbonyl (C=S) groups is 3. The minimum Gasteiger partial charge on any atom is -0.411 e. The molecule has 31 heavy (non-hydrogen) atoms. The summed E-state index contributed by atoms with van der Waals surface area (Å²) in [6, 6.07) is 0. The summed E-state index contributed by atoms with van der Waals surface area (Å²) in [7, 11) is 3.66. The molecule has 0 radical (unpaired) electrons. The summed E-state index contributed by atoms with van der Waals surface area (Å²) >= 11 is 22.7. The van der Waals surface area contributed by atoms with E-state index >= 15 is 0 Å². The summed E-state index contributed by atoms with van der Waals surface area (Å²) in [5, 5.41) is 0.255. The molecule has 0 aliphatic carbocycles. The molecule has 0 saturated heterocycles. The standard InChI is InChI=1S/C10H21NOS.C4H8N2S4.C3H7NS2.2Zn/c1-4-7-11(8-5-2)10(12)13-9-6-3;5-3(7)9-1-2-10-4(6)8;1-4(2)3(5)6;;/h4-9H2,1-3H3;1-2H2,(H2,5,7)(H2,6,8);1-2H3,(H,5,6);;/q;;;2*+2/p-1. The zero-order valence-corrected chi connectivity index (χ0v) is 31.0. The largest absolute Gasteiger partial charge is 2.00 e. The van der Waals surface area contributed by atoms with Crippen LogP contribution in [0.15, 0.2) is 0 Å². The third kappa shape index (κ3) is 39.2. The number of carbonyl (C=O) groups excluding carboxylic acids is 1. The molecular weight excluding hydrogens is 631 g/mol. The molecule has 0 aromatic heterocycles. The molecule has 0 aliphatic heterocycles. The van der Waals surface area contributed by atoms with Gasteiger partial charge in [0.05, 0.1) is 0 Å². The first-order valence-electron chi connectivity index (χ1n) is 9.17. The van der Waals surface area contributed by atoms with Crippen LogP contribution >= 0.6 is 71.9 Å². The molecule has 14 heteroatoms. The second-order valence-corrected chi connectivity index (χ2v) is 11.3. The number of carbonyl (C=O) groups is 1. The quantitative estimate of drug-likeness (QED) is 0.156. The Kier molecular flexibility index (Phi) is 43.7. The number of nitrogens with two attached hydrogens (primary N) is 2. The van der Waals surface area contributed by atoms with Crippen LogP contribution in [0.25, 0.3) is 0 Å². The van der Waals surface area contributed by atoms with E-state index in [2.05, 4.69) is 70.1 Å². The maximum atomic E-state index is 11.6. The second kappa shape index (κ2) is 31.7. The Morgan fingerprint density at radius 1 is 0.806 bits per heavy atom. The predicted molar refractivity (Wildman–Crippen MR) is 152 cm³/mol. The van der Waals surface area contributed by atoms with E-state index < -0.39 is 0 Å². The van der Waals surface area contributed by atoms with Gasteiger partial charge in [-0.25, -0.2) is 0 Å². The maximum absolute atomic E-state index is 11.6. The smallest absolute Gasteiger partial charge is 0.411 e. The molecule has 0 saturated carbocycles. The van der Waals surface area contributed by atoms with E-state index in [9.17, 15) is 4.79 Å². The molecule has 1 amide bonds. The molecule has 0 fully saturated rings. The Bertz CT molecular complexity index is 454. The van der Waals surface area contributed by atoms with Crippen molar-refractivity contribution in [3.63, 3.8) is 0 Å². The molecule has 4 N–H and O–H groups in total. The molecule has 0 heterocycles. The zero-order chi connectivity index (χ0) is 23.2. The van der Waals surface area contributed by atoms with E-state index in [4.69, 9.17) is 11.5 Å². The Balaban J connectivity index is -0.000000112. The van der Waals surface area contributed by atoms with Gasteiger partial charge < -0.3 is 46.1 Å². The first kappa shape index (κ1) is 42.8. The summed E-state index contributed by atoms with van der Waals surface area (Å²) in [5.74, 6) is 2.69. The van der Waals surface area contributed by atoms with Crippen LogP contribution in [0.4, 0.5) is 4.79 Å². The number of nitrogens with zero attached hydrogens (tertiary/aromatic N) is 2. The van der Waals surface area contributed by atoms with Crippen LogP contribution in [-0.4, -0.2) is 72.4 Å². The summed E-state index contributed by atoms with van der Waals surface area (Å²) in [6.07, 6.45) is 3.18. The van der Waals surface area contributed by atoms with Gasteiger partial charge in [0.25, 0.3) is 5.24 Å². The second-order valence-electron chi connectivity index (χ2n) is 5.60. The summed E-state index contributed by atoms with van der Waals surface area (Å²) in [4.78, 5) is 15.2. The fourth-order valence-corrected chi connectivity index (χ4v) is 3.71. The van der Waals surface area contributed by atoms with Gasteiger partial charge in [-0.3, -0.25) is 4.79 Å². The first-order valence-corrected chi connectivity index (χ1v) is 13.8. The fourth-order valence-electron chi connectivity index (χ4n) is 1.40. The van der Waals surface area contributed by atoms with E-state index in [1.54, 1.807) is 4.90 Å². The molecule has 0 aromatic rings. The number of rotatable bonds is 9. The topological polar surface area (TPSA) is 75.6 Å². The van der Waals surface area contributed by atoms with Gasteiger partial charge in [0.15, 0.2) is 0 Å². The van der Waals surface area contributed by atoms with Crippen molar-refractivity contribution < 1.29 is 43.8 Å². The van der Waals surface area contributed by atoms with Gasteiger partial charge in [-0.05, 0) is 19.3 Å². The fraction of sp³-hybridized carbons (Fsp3) is 0.765. The molecule has 0 spiro atoms.